The Morgan fingerprint density at radius 3 is 2.24 bits per heavy atom. The van der Waals surface area contributed by atoms with Crippen molar-refractivity contribution in [3.63, 3.8) is 0 Å². The van der Waals surface area contributed by atoms with Crippen molar-refractivity contribution in [3.05, 3.63) is 47.0 Å². The van der Waals surface area contributed by atoms with Gasteiger partial charge in [0.25, 0.3) is 0 Å². The zero-order chi connectivity index (χ0) is 24.2. The first kappa shape index (κ1) is 24.5. The van der Waals surface area contributed by atoms with Crippen molar-refractivity contribution in [2.24, 2.45) is 11.8 Å². The van der Waals surface area contributed by atoms with Gasteiger partial charge in [0.1, 0.15) is 6.04 Å². The molecule has 4 amide bonds. The number of imide groups is 1. The molecule has 2 fully saturated rings. The number of fused-ring (bicyclic) bond motifs is 1. The molecule has 2 aliphatic carbocycles. The summed E-state index contributed by atoms with van der Waals surface area (Å²) in [5.41, 5.74) is 0.851. The lowest BCUT2D eigenvalue weighted by Crippen LogP contribution is -2.50. The summed E-state index contributed by atoms with van der Waals surface area (Å²) >= 11 is 6.00. The molecule has 0 bridgehead atoms. The van der Waals surface area contributed by atoms with Gasteiger partial charge < -0.3 is 10.2 Å². The van der Waals surface area contributed by atoms with E-state index in [2.05, 4.69) is 5.32 Å². The minimum absolute atomic E-state index is 0.0149. The van der Waals surface area contributed by atoms with E-state index < -0.39 is 6.04 Å². The van der Waals surface area contributed by atoms with E-state index >= 15 is 0 Å². The Balaban J connectivity index is 1.44. The van der Waals surface area contributed by atoms with E-state index in [9.17, 15) is 19.2 Å². The van der Waals surface area contributed by atoms with Gasteiger partial charge in [0, 0.05) is 30.6 Å². The highest BCUT2D eigenvalue weighted by molar-refractivity contribution is 6.30. The van der Waals surface area contributed by atoms with Crippen LogP contribution in [0.1, 0.15) is 57.4 Å². The van der Waals surface area contributed by atoms with Crippen LogP contribution < -0.4 is 5.32 Å². The highest BCUT2D eigenvalue weighted by Gasteiger charge is 2.47. The fourth-order valence-corrected chi connectivity index (χ4v) is 5.33. The van der Waals surface area contributed by atoms with Gasteiger partial charge in [-0.3, -0.25) is 24.1 Å². The largest absolute Gasteiger partial charge is 0.352 e. The Bertz CT molecular complexity index is 945. The maximum absolute atomic E-state index is 13.3. The molecule has 0 radical (unpaired) electrons. The summed E-state index contributed by atoms with van der Waals surface area (Å²) in [4.78, 5) is 54.6. The molecule has 0 unspecified atom stereocenters. The van der Waals surface area contributed by atoms with E-state index in [4.69, 9.17) is 11.6 Å². The van der Waals surface area contributed by atoms with Crippen LogP contribution >= 0.6 is 11.6 Å². The number of hydrogen-bond acceptors (Lipinski definition) is 4. The van der Waals surface area contributed by atoms with E-state index in [-0.39, 0.29) is 61.0 Å². The number of carbonyl (C=O) groups excluding carboxylic acids is 4. The summed E-state index contributed by atoms with van der Waals surface area (Å²) in [6, 6.07) is 6.63. The van der Waals surface area contributed by atoms with Crippen molar-refractivity contribution < 1.29 is 19.2 Å². The monoisotopic (exact) mass is 485 g/mol. The number of allylic oxidation sites excluding steroid dienone is 2. The van der Waals surface area contributed by atoms with E-state index in [1.807, 2.05) is 24.3 Å². The molecule has 4 rings (SSSR count). The standard InChI is InChI=1S/C26H32ClN3O4/c1-17(24(32)28-20-6-2-3-7-20)30(16-18-10-12-19(27)13-11-18)23(31)14-15-29-25(33)21-8-4-5-9-22(21)26(29)34/h4-5,10-13,17,20-22H,2-3,6-9,14-16H2,1H3,(H,28,32)/t17-,21-,22+/m0/s1. The second-order valence-corrected chi connectivity index (χ2v) is 9.98. The van der Waals surface area contributed by atoms with Gasteiger partial charge in [0.15, 0.2) is 0 Å². The first-order chi connectivity index (χ1) is 16.3. The molecule has 1 saturated heterocycles. The average Bonchev–Trinajstić information content (AvgIpc) is 3.43. The molecule has 34 heavy (non-hydrogen) atoms. The third kappa shape index (κ3) is 5.35. The summed E-state index contributed by atoms with van der Waals surface area (Å²) in [6.45, 7) is 2.01. The second-order valence-electron chi connectivity index (χ2n) is 9.55. The first-order valence-electron chi connectivity index (χ1n) is 12.2. The SMILES string of the molecule is C[C@@H](C(=O)NC1CCCC1)N(Cc1ccc(Cl)cc1)C(=O)CCN1C(=O)[C@H]2CC=CC[C@H]2C1=O. The molecular formula is C26H32ClN3O4. The van der Waals surface area contributed by atoms with Crippen molar-refractivity contribution in [3.8, 4) is 0 Å². The van der Waals surface area contributed by atoms with E-state index in [1.54, 1.807) is 19.1 Å². The molecule has 1 aliphatic heterocycles. The van der Waals surface area contributed by atoms with Gasteiger partial charge in [0.2, 0.25) is 23.6 Å². The summed E-state index contributed by atoms with van der Waals surface area (Å²) < 4.78 is 0. The van der Waals surface area contributed by atoms with Crippen LogP contribution in [0.2, 0.25) is 5.02 Å². The van der Waals surface area contributed by atoms with E-state index in [1.165, 1.54) is 9.80 Å². The number of carbonyl (C=O) groups is 4. The van der Waals surface area contributed by atoms with Crippen LogP contribution in [0.15, 0.2) is 36.4 Å². The van der Waals surface area contributed by atoms with Gasteiger partial charge >= 0.3 is 0 Å². The minimum Gasteiger partial charge on any atom is -0.352 e. The minimum atomic E-state index is -0.680. The lowest BCUT2D eigenvalue weighted by molar-refractivity contribution is -0.144. The number of hydrogen-bond donors (Lipinski definition) is 1. The highest BCUT2D eigenvalue weighted by Crippen LogP contribution is 2.35. The Morgan fingerprint density at radius 2 is 1.65 bits per heavy atom. The molecule has 0 aromatic heterocycles. The third-order valence-electron chi connectivity index (χ3n) is 7.28. The zero-order valence-corrected chi connectivity index (χ0v) is 20.3. The molecule has 3 aliphatic rings. The molecule has 7 nitrogen and oxygen atoms in total. The molecule has 1 saturated carbocycles. The van der Waals surface area contributed by atoms with Crippen molar-refractivity contribution in [1.82, 2.24) is 15.1 Å². The molecule has 1 heterocycles. The number of likely N-dealkylation sites (tertiary alicyclic amines) is 1. The van der Waals surface area contributed by atoms with Gasteiger partial charge in [0.05, 0.1) is 11.8 Å². The molecule has 1 aromatic rings. The predicted molar refractivity (Wildman–Crippen MR) is 129 cm³/mol. The Morgan fingerprint density at radius 1 is 1.06 bits per heavy atom. The van der Waals surface area contributed by atoms with Crippen LogP contribution in [-0.2, 0) is 25.7 Å². The Kier molecular flexibility index (Phi) is 7.71. The lowest BCUT2D eigenvalue weighted by atomic mass is 9.85. The Hall–Kier alpha value is -2.67. The van der Waals surface area contributed by atoms with Crippen molar-refractivity contribution in [2.45, 2.75) is 70.5 Å². The molecule has 3 atom stereocenters. The van der Waals surface area contributed by atoms with Gasteiger partial charge in [-0.1, -0.05) is 48.7 Å². The van der Waals surface area contributed by atoms with Gasteiger partial charge in [-0.15, -0.1) is 0 Å². The lowest BCUT2D eigenvalue weighted by Gasteiger charge is -2.30. The number of rotatable bonds is 8. The number of benzene rings is 1. The van der Waals surface area contributed by atoms with Crippen LogP contribution in [-0.4, -0.2) is 52.1 Å². The number of nitrogens with zero attached hydrogens (tertiary/aromatic N) is 2. The van der Waals surface area contributed by atoms with Crippen LogP contribution in [0.5, 0.6) is 0 Å². The molecule has 8 heteroatoms. The molecule has 0 spiro atoms. The van der Waals surface area contributed by atoms with E-state index in [0.29, 0.717) is 17.9 Å². The molecular weight excluding hydrogens is 454 g/mol. The maximum Gasteiger partial charge on any atom is 0.242 e. The van der Waals surface area contributed by atoms with Gasteiger partial charge in [-0.05, 0) is 50.3 Å². The average molecular weight is 486 g/mol. The predicted octanol–water partition coefficient (Wildman–Crippen LogP) is 3.46. The second kappa shape index (κ2) is 10.7. The topological polar surface area (TPSA) is 86.8 Å². The van der Waals surface area contributed by atoms with Crippen molar-refractivity contribution in [2.75, 3.05) is 6.54 Å². The van der Waals surface area contributed by atoms with Crippen molar-refractivity contribution >= 4 is 35.2 Å². The summed E-state index contributed by atoms with van der Waals surface area (Å²) in [7, 11) is 0. The highest BCUT2D eigenvalue weighted by atomic mass is 35.5. The summed E-state index contributed by atoms with van der Waals surface area (Å²) in [5, 5.41) is 3.67. The first-order valence-corrected chi connectivity index (χ1v) is 12.6. The van der Waals surface area contributed by atoms with E-state index in [0.717, 1.165) is 31.2 Å². The van der Waals surface area contributed by atoms with Crippen LogP contribution in [0.25, 0.3) is 0 Å². The quantitative estimate of drug-likeness (QED) is 0.451. The fourth-order valence-electron chi connectivity index (χ4n) is 5.20. The van der Waals surface area contributed by atoms with Gasteiger partial charge in [-0.25, -0.2) is 0 Å². The number of halogens is 1. The number of nitrogens with one attached hydrogen (secondary N) is 1. The maximum atomic E-state index is 13.3. The summed E-state index contributed by atoms with van der Waals surface area (Å²) in [5.74, 6) is -1.45. The third-order valence-corrected chi connectivity index (χ3v) is 7.54. The van der Waals surface area contributed by atoms with Crippen LogP contribution in [0.3, 0.4) is 0 Å². The summed E-state index contributed by atoms with van der Waals surface area (Å²) in [6.07, 6.45) is 9.13. The smallest absolute Gasteiger partial charge is 0.242 e. The molecule has 1 N–H and O–H groups in total. The van der Waals surface area contributed by atoms with Crippen LogP contribution in [0.4, 0.5) is 0 Å². The Labute approximate surface area is 205 Å². The van der Waals surface area contributed by atoms with Crippen LogP contribution in [0, 0.1) is 11.8 Å². The molecule has 1 aromatic carbocycles. The fraction of sp³-hybridized carbons (Fsp3) is 0.538. The van der Waals surface area contributed by atoms with Gasteiger partial charge in [-0.2, -0.15) is 0 Å². The van der Waals surface area contributed by atoms with Crippen molar-refractivity contribution in [1.29, 1.82) is 0 Å². The zero-order valence-electron chi connectivity index (χ0n) is 19.5. The normalized spacial score (nSPS) is 23.2. The molecule has 182 valence electrons. The number of amides is 4.